The molecule has 9 heavy (non-hydrogen) atoms. The highest BCUT2D eigenvalue weighted by molar-refractivity contribution is 5.85. The predicted molar refractivity (Wildman–Crippen MR) is 35.3 cm³/mol. The molecule has 1 saturated heterocycles. The predicted octanol–water partition coefficient (Wildman–Crippen LogP) is -0.345. The van der Waals surface area contributed by atoms with Crippen LogP contribution in [0, 0.1) is 11.3 Å². The molecule has 0 aromatic heterocycles. The summed E-state index contributed by atoms with van der Waals surface area (Å²) >= 11 is 0. The molecular formula is C5H9ClN2O. The fourth-order valence-electron chi connectivity index (χ4n) is 0.815. The number of rotatable bonds is 0. The Balaban J connectivity index is 0.000000640. The topological polar surface area (TPSA) is 56.0 Å². The van der Waals surface area contributed by atoms with Crippen molar-refractivity contribution >= 4 is 12.4 Å². The summed E-state index contributed by atoms with van der Waals surface area (Å²) in [7, 11) is 0. The molecule has 0 saturated carbocycles. The second kappa shape index (κ2) is 3.67. The van der Waals surface area contributed by atoms with Crippen molar-refractivity contribution in [1.82, 2.24) is 5.32 Å². The van der Waals surface area contributed by atoms with Gasteiger partial charge in [-0.3, -0.25) is 5.32 Å². The molecule has 2 atom stereocenters. The number of aliphatic hydroxyl groups is 1. The number of aliphatic hydroxyl groups excluding tert-OH is 1. The number of nitrogens with zero attached hydrogens (tertiary/aromatic N) is 1. The molecule has 1 aliphatic rings. The number of nitriles is 1. The molecule has 3 nitrogen and oxygen atoms in total. The first-order valence-corrected chi connectivity index (χ1v) is 2.64. The van der Waals surface area contributed by atoms with Gasteiger partial charge in [0.1, 0.15) is 0 Å². The van der Waals surface area contributed by atoms with Crippen LogP contribution in [0.15, 0.2) is 0 Å². The SMILES string of the molecule is Cl.N#C[C@@H]1C[C@@H](O)CN1. The van der Waals surface area contributed by atoms with E-state index in [0.29, 0.717) is 13.0 Å². The van der Waals surface area contributed by atoms with Crippen LogP contribution in [-0.4, -0.2) is 23.8 Å². The Morgan fingerprint density at radius 3 is 2.56 bits per heavy atom. The third kappa shape index (κ3) is 2.19. The van der Waals surface area contributed by atoms with Crippen LogP contribution in [0.2, 0.25) is 0 Å². The summed E-state index contributed by atoms with van der Waals surface area (Å²) in [6.45, 7) is 0.568. The number of hydrogen-bond donors (Lipinski definition) is 2. The Hall–Kier alpha value is -0.300. The van der Waals surface area contributed by atoms with Crippen LogP contribution >= 0.6 is 12.4 Å². The van der Waals surface area contributed by atoms with Gasteiger partial charge in [0.2, 0.25) is 0 Å². The molecular weight excluding hydrogens is 140 g/mol. The van der Waals surface area contributed by atoms with Crippen LogP contribution in [0.1, 0.15) is 6.42 Å². The first-order chi connectivity index (χ1) is 3.83. The average molecular weight is 149 g/mol. The summed E-state index contributed by atoms with van der Waals surface area (Å²) in [5.74, 6) is 0. The molecule has 0 amide bonds. The number of β-amino-alcohol motifs (C(OH)–C–C–N with tert-alkyl or cyclic N) is 1. The van der Waals surface area contributed by atoms with E-state index in [4.69, 9.17) is 10.4 Å². The molecule has 1 fully saturated rings. The standard InChI is InChI=1S/C5H8N2O.ClH/c6-2-4-1-5(8)3-7-4;/h4-5,7-8H,1,3H2;1H/t4-,5+;/m0./s1. The maximum atomic E-state index is 8.82. The summed E-state index contributed by atoms with van der Waals surface area (Å²) in [6, 6.07) is 1.90. The zero-order valence-corrected chi connectivity index (χ0v) is 5.69. The lowest BCUT2D eigenvalue weighted by atomic mass is 10.2. The minimum absolute atomic E-state index is 0. The molecule has 0 bridgehead atoms. The smallest absolute Gasteiger partial charge is 0.0979 e. The quantitative estimate of drug-likeness (QED) is 0.494. The molecule has 1 rings (SSSR count). The fraction of sp³-hybridized carbons (Fsp3) is 0.800. The Kier molecular flexibility index (Phi) is 3.55. The fourth-order valence-corrected chi connectivity index (χ4v) is 0.815. The van der Waals surface area contributed by atoms with Gasteiger partial charge in [0.15, 0.2) is 0 Å². The molecule has 0 aromatic rings. The van der Waals surface area contributed by atoms with Crippen LogP contribution in [0.5, 0.6) is 0 Å². The third-order valence-corrected chi connectivity index (χ3v) is 1.26. The summed E-state index contributed by atoms with van der Waals surface area (Å²) in [4.78, 5) is 0. The van der Waals surface area contributed by atoms with E-state index in [1.54, 1.807) is 0 Å². The van der Waals surface area contributed by atoms with Crippen molar-refractivity contribution in [3.63, 3.8) is 0 Å². The highest BCUT2D eigenvalue weighted by Crippen LogP contribution is 2.03. The number of nitrogens with one attached hydrogen (secondary N) is 1. The van der Waals surface area contributed by atoms with Crippen molar-refractivity contribution in [2.75, 3.05) is 6.54 Å². The van der Waals surface area contributed by atoms with Gasteiger partial charge < -0.3 is 5.11 Å². The van der Waals surface area contributed by atoms with E-state index < -0.39 is 0 Å². The molecule has 1 heterocycles. The van der Waals surface area contributed by atoms with Crippen LogP contribution in [0.3, 0.4) is 0 Å². The van der Waals surface area contributed by atoms with Gasteiger partial charge in [-0.2, -0.15) is 5.26 Å². The van der Waals surface area contributed by atoms with Crippen molar-refractivity contribution in [2.24, 2.45) is 0 Å². The Morgan fingerprint density at radius 2 is 2.33 bits per heavy atom. The first kappa shape index (κ1) is 8.70. The van der Waals surface area contributed by atoms with Crippen molar-refractivity contribution in [2.45, 2.75) is 18.6 Å². The van der Waals surface area contributed by atoms with Gasteiger partial charge in [0.25, 0.3) is 0 Å². The second-order valence-electron chi connectivity index (χ2n) is 1.98. The molecule has 52 valence electrons. The Morgan fingerprint density at radius 1 is 1.67 bits per heavy atom. The normalized spacial score (nSPS) is 32.9. The van der Waals surface area contributed by atoms with Crippen LogP contribution in [0.4, 0.5) is 0 Å². The van der Waals surface area contributed by atoms with Gasteiger partial charge in [0, 0.05) is 13.0 Å². The average Bonchev–Trinajstić information content (AvgIpc) is 2.14. The summed E-state index contributed by atoms with van der Waals surface area (Å²) in [6.07, 6.45) is 0.274. The van der Waals surface area contributed by atoms with E-state index in [1.165, 1.54) is 0 Å². The third-order valence-electron chi connectivity index (χ3n) is 1.26. The van der Waals surface area contributed by atoms with Gasteiger partial charge in [-0.25, -0.2) is 0 Å². The lowest BCUT2D eigenvalue weighted by Crippen LogP contribution is -2.19. The first-order valence-electron chi connectivity index (χ1n) is 2.64. The van der Waals surface area contributed by atoms with Crippen molar-refractivity contribution in [1.29, 1.82) is 5.26 Å². The number of hydrogen-bond acceptors (Lipinski definition) is 3. The minimum Gasteiger partial charge on any atom is -0.392 e. The van der Waals surface area contributed by atoms with Gasteiger partial charge in [-0.05, 0) is 0 Å². The highest BCUT2D eigenvalue weighted by atomic mass is 35.5. The molecule has 2 N–H and O–H groups in total. The van der Waals surface area contributed by atoms with Gasteiger partial charge in [-0.15, -0.1) is 12.4 Å². The minimum atomic E-state index is -0.306. The lowest BCUT2D eigenvalue weighted by Gasteiger charge is -1.92. The van der Waals surface area contributed by atoms with Gasteiger partial charge in [0.05, 0.1) is 18.2 Å². The lowest BCUT2D eigenvalue weighted by molar-refractivity contribution is 0.195. The van der Waals surface area contributed by atoms with Crippen molar-refractivity contribution in [3.05, 3.63) is 0 Å². The van der Waals surface area contributed by atoms with Gasteiger partial charge >= 0.3 is 0 Å². The summed E-state index contributed by atoms with van der Waals surface area (Å²) in [5.41, 5.74) is 0. The Labute approximate surface area is 60.1 Å². The van der Waals surface area contributed by atoms with E-state index >= 15 is 0 Å². The van der Waals surface area contributed by atoms with Crippen LogP contribution in [-0.2, 0) is 0 Å². The summed E-state index contributed by atoms with van der Waals surface area (Å²) < 4.78 is 0. The molecule has 0 aliphatic carbocycles. The monoisotopic (exact) mass is 148 g/mol. The second-order valence-corrected chi connectivity index (χ2v) is 1.98. The molecule has 0 radical (unpaired) electrons. The summed E-state index contributed by atoms with van der Waals surface area (Å²) in [5, 5.41) is 19.9. The molecule has 0 unspecified atom stereocenters. The molecule has 1 aliphatic heterocycles. The van der Waals surface area contributed by atoms with Gasteiger partial charge in [-0.1, -0.05) is 0 Å². The van der Waals surface area contributed by atoms with E-state index in [0.717, 1.165) is 0 Å². The zero-order valence-electron chi connectivity index (χ0n) is 4.87. The largest absolute Gasteiger partial charge is 0.392 e. The van der Waals surface area contributed by atoms with E-state index in [-0.39, 0.29) is 24.6 Å². The van der Waals surface area contributed by atoms with E-state index in [1.807, 2.05) is 6.07 Å². The van der Waals surface area contributed by atoms with E-state index in [2.05, 4.69) is 5.32 Å². The molecule has 4 heteroatoms. The maximum absolute atomic E-state index is 8.82. The number of halogens is 1. The Bertz CT molecular complexity index is 123. The highest BCUT2D eigenvalue weighted by Gasteiger charge is 2.20. The zero-order chi connectivity index (χ0) is 5.98. The van der Waals surface area contributed by atoms with E-state index in [9.17, 15) is 0 Å². The van der Waals surface area contributed by atoms with Crippen molar-refractivity contribution in [3.8, 4) is 6.07 Å². The molecule has 0 spiro atoms. The van der Waals surface area contributed by atoms with Crippen molar-refractivity contribution < 1.29 is 5.11 Å². The van der Waals surface area contributed by atoms with Crippen LogP contribution < -0.4 is 5.32 Å². The maximum Gasteiger partial charge on any atom is 0.0979 e. The molecule has 0 aromatic carbocycles. The van der Waals surface area contributed by atoms with Crippen LogP contribution in [0.25, 0.3) is 0 Å².